The molecule has 1 atom stereocenters. The average molecular weight is 262 g/mol. The lowest BCUT2D eigenvalue weighted by atomic mass is 10.3. The van der Waals surface area contributed by atoms with Gasteiger partial charge in [0.2, 0.25) is 0 Å². The quantitative estimate of drug-likeness (QED) is 0.906. The highest BCUT2D eigenvalue weighted by Crippen LogP contribution is 2.28. The molecule has 0 heterocycles. The third-order valence-electron chi connectivity index (χ3n) is 1.92. The van der Waals surface area contributed by atoms with Gasteiger partial charge in [0.15, 0.2) is 6.10 Å². The van der Waals surface area contributed by atoms with Crippen molar-refractivity contribution >= 4 is 29.1 Å². The van der Waals surface area contributed by atoms with E-state index in [0.29, 0.717) is 22.3 Å². The fourth-order valence-electron chi connectivity index (χ4n) is 1.13. The van der Waals surface area contributed by atoms with E-state index in [4.69, 9.17) is 27.9 Å². The second-order valence-corrected chi connectivity index (χ2v) is 4.07. The number of ether oxygens (including phenoxy) is 1. The fraction of sp³-hybridized carbons (Fsp3) is 0.364. The van der Waals surface area contributed by atoms with Crippen LogP contribution < -0.4 is 10.1 Å². The first kappa shape index (κ1) is 13.1. The van der Waals surface area contributed by atoms with E-state index in [9.17, 15) is 4.79 Å². The molecule has 1 aromatic carbocycles. The Morgan fingerprint density at radius 3 is 2.75 bits per heavy atom. The number of hydrogen-bond acceptors (Lipinski definition) is 2. The van der Waals surface area contributed by atoms with Gasteiger partial charge in [0.05, 0.1) is 5.02 Å². The molecule has 1 aromatic rings. The van der Waals surface area contributed by atoms with Gasteiger partial charge in [-0.2, -0.15) is 0 Å². The van der Waals surface area contributed by atoms with E-state index >= 15 is 0 Å². The maximum Gasteiger partial charge on any atom is 0.260 e. The zero-order chi connectivity index (χ0) is 12.1. The molecule has 5 heteroatoms. The normalized spacial score (nSPS) is 12.0. The highest BCUT2D eigenvalue weighted by molar-refractivity contribution is 6.35. The second kappa shape index (κ2) is 5.97. The Kier molecular flexibility index (Phi) is 4.90. The van der Waals surface area contributed by atoms with E-state index < -0.39 is 6.10 Å². The van der Waals surface area contributed by atoms with Crippen LogP contribution in [0.1, 0.15) is 13.8 Å². The fourth-order valence-corrected chi connectivity index (χ4v) is 1.59. The lowest BCUT2D eigenvalue weighted by molar-refractivity contribution is -0.127. The predicted molar refractivity (Wildman–Crippen MR) is 65.2 cm³/mol. The maximum absolute atomic E-state index is 11.4. The number of nitrogens with one attached hydrogen (secondary N) is 1. The van der Waals surface area contributed by atoms with E-state index in [-0.39, 0.29) is 5.91 Å². The van der Waals surface area contributed by atoms with E-state index in [1.165, 1.54) is 0 Å². The van der Waals surface area contributed by atoms with Crippen LogP contribution in [0, 0.1) is 0 Å². The zero-order valence-corrected chi connectivity index (χ0v) is 10.6. The van der Waals surface area contributed by atoms with Gasteiger partial charge in [-0.05, 0) is 32.0 Å². The molecule has 0 aliphatic heterocycles. The number of halogens is 2. The van der Waals surface area contributed by atoms with E-state index in [1.807, 2.05) is 6.92 Å². The van der Waals surface area contributed by atoms with Crippen molar-refractivity contribution in [1.29, 1.82) is 0 Å². The summed E-state index contributed by atoms with van der Waals surface area (Å²) >= 11 is 11.7. The van der Waals surface area contributed by atoms with Crippen LogP contribution in [0.15, 0.2) is 18.2 Å². The summed E-state index contributed by atoms with van der Waals surface area (Å²) in [7, 11) is 0. The number of likely N-dealkylation sites (N-methyl/N-ethyl adjacent to an activating group) is 1. The van der Waals surface area contributed by atoms with Crippen LogP contribution in [-0.4, -0.2) is 18.6 Å². The van der Waals surface area contributed by atoms with Crippen LogP contribution >= 0.6 is 23.2 Å². The molecule has 0 saturated heterocycles. The van der Waals surface area contributed by atoms with Gasteiger partial charge in [-0.15, -0.1) is 0 Å². The molecule has 0 saturated carbocycles. The third-order valence-corrected chi connectivity index (χ3v) is 2.45. The van der Waals surface area contributed by atoms with Crippen LogP contribution in [0.5, 0.6) is 5.75 Å². The molecule has 0 aromatic heterocycles. The largest absolute Gasteiger partial charge is 0.479 e. The minimum Gasteiger partial charge on any atom is -0.479 e. The van der Waals surface area contributed by atoms with Crippen LogP contribution in [-0.2, 0) is 4.79 Å². The summed E-state index contributed by atoms with van der Waals surface area (Å²) in [5.41, 5.74) is 0. The van der Waals surface area contributed by atoms with Crippen LogP contribution in [0.2, 0.25) is 10.0 Å². The first-order valence-corrected chi connectivity index (χ1v) is 5.69. The van der Waals surface area contributed by atoms with Gasteiger partial charge in [0.1, 0.15) is 5.75 Å². The SMILES string of the molecule is CCNC(=O)[C@H](C)Oc1ccc(Cl)cc1Cl. The third kappa shape index (κ3) is 3.58. The van der Waals surface area contributed by atoms with Gasteiger partial charge < -0.3 is 10.1 Å². The number of carbonyl (C=O) groups is 1. The Morgan fingerprint density at radius 1 is 1.50 bits per heavy atom. The average Bonchev–Trinajstić information content (AvgIpc) is 2.22. The van der Waals surface area contributed by atoms with E-state index in [1.54, 1.807) is 25.1 Å². The Labute approximate surface area is 105 Å². The van der Waals surface area contributed by atoms with Gasteiger partial charge >= 0.3 is 0 Å². The molecule has 88 valence electrons. The van der Waals surface area contributed by atoms with Gasteiger partial charge in [-0.3, -0.25) is 4.79 Å². The van der Waals surface area contributed by atoms with Crippen molar-refractivity contribution in [3.05, 3.63) is 28.2 Å². The molecule has 16 heavy (non-hydrogen) atoms. The molecule has 0 radical (unpaired) electrons. The van der Waals surface area contributed by atoms with Gasteiger partial charge in [-0.1, -0.05) is 23.2 Å². The van der Waals surface area contributed by atoms with Gasteiger partial charge in [0, 0.05) is 11.6 Å². The topological polar surface area (TPSA) is 38.3 Å². The molecular weight excluding hydrogens is 249 g/mol. The molecular formula is C11H13Cl2NO2. The van der Waals surface area contributed by atoms with E-state index in [0.717, 1.165) is 0 Å². The first-order chi connectivity index (χ1) is 7.54. The Balaban J connectivity index is 2.69. The lowest BCUT2D eigenvalue weighted by Crippen LogP contribution is -2.36. The standard InChI is InChI=1S/C11H13Cl2NO2/c1-3-14-11(15)7(2)16-10-5-4-8(12)6-9(10)13/h4-7H,3H2,1-2H3,(H,14,15)/t7-/m0/s1. The minimum atomic E-state index is -0.585. The lowest BCUT2D eigenvalue weighted by Gasteiger charge is -2.14. The number of carbonyl (C=O) groups excluding carboxylic acids is 1. The van der Waals surface area contributed by atoms with Crippen molar-refractivity contribution in [2.24, 2.45) is 0 Å². The Morgan fingerprint density at radius 2 is 2.19 bits per heavy atom. The molecule has 3 nitrogen and oxygen atoms in total. The second-order valence-electron chi connectivity index (χ2n) is 3.23. The first-order valence-electron chi connectivity index (χ1n) is 4.94. The van der Waals surface area contributed by atoms with E-state index in [2.05, 4.69) is 5.32 Å². The summed E-state index contributed by atoms with van der Waals surface area (Å²) in [5.74, 6) is 0.276. The number of rotatable bonds is 4. The maximum atomic E-state index is 11.4. The molecule has 1 amide bonds. The molecule has 0 fully saturated rings. The molecule has 1 N–H and O–H groups in total. The van der Waals surface area contributed by atoms with Crippen LogP contribution in [0.4, 0.5) is 0 Å². The van der Waals surface area contributed by atoms with Crippen molar-refractivity contribution in [2.75, 3.05) is 6.54 Å². The van der Waals surface area contributed by atoms with Crippen molar-refractivity contribution in [3.8, 4) is 5.75 Å². The number of benzene rings is 1. The summed E-state index contributed by atoms with van der Waals surface area (Å²) in [4.78, 5) is 11.4. The minimum absolute atomic E-state index is 0.173. The molecule has 0 unspecified atom stereocenters. The summed E-state index contributed by atoms with van der Waals surface area (Å²) in [6.45, 7) is 4.08. The van der Waals surface area contributed by atoms with Crippen molar-refractivity contribution in [1.82, 2.24) is 5.32 Å². The molecule has 0 aliphatic rings. The monoisotopic (exact) mass is 261 g/mol. The smallest absolute Gasteiger partial charge is 0.260 e. The molecule has 0 aliphatic carbocycles. The van der Waals surface area contributed by atoms with Crippen molar-refractivity contribution < 1.29 is 9.53 Å². The molecule has 0 bridgehead atoms. The Hall–Kier alpha value is -0.930. The summed E-state index contributed by atoms with van der Waals surface area (Å²) in [6.07, 6.45) is -0.585. The van der Waals surface area contributed by atoms with Gasteiger partial charge in [0.25, 0.3) is 5.91 Å². The predicted octanol–water partition coefficient (Wildman–Crippen LogP) is 2.90. The van der Waals surface area contributed by atoms with Crippen LogP contribution in [0.25, 0.3) is 0 Å². The highest BCUT2D eigenvalue weighted by Gasteiger charge is 2.14. The zero-order valence-electron chi connectivity index (χ0n) is 9.09. The van der Waals surface area contributed by atoms with Crippen LogP contribution in [0.3, 0.4) is 0 Å². The molecule has 1 rings (SSSR count). The summed E-state index contributed by atoms with van der Waals surface area (Å²) in [5, 5.41) is 3.59. The van der Waals surface area contributed by atoms with Crippen molar-refractivity contribution in [3.63, 3.8) is 0 Å². The molecule has 0 spiro atoms. The Bertz CT molecular complexity index is 382. The van der Waals surface area contributed by atoms with Gasteiger partial charge in [-0.25, -0.2) is 0 Å². The number of amides is 1. The number of hydrogen-bond donors (Lipinski definition) is 1. The highest BCUT2D eigenvalue weighted by atomic mass is 35.5. The summed E-state index contributed by atoms with van der Waals surface area (Å²) < 4.78 is 5.41. The summed E-state index contributed by atoms with van der Waals surface area (Å²) in [6, 6.07) is 4.87. The van der Waals surface area contributed by atoms with Crippen molar-refractivity contribution in [2.45, 2.75) is 20.0 Å².